The minimum absolute atomic E-state index is 0. The number of hydrogen-bond acceptors (Lipinski definition) is 0. The third kappa shape index (κ3) is 9.40. The fourth-order valence-electron chi connectivity index (χ4n) is 5.14. The zero-order valence-corrected chi connectivity index (χ0v) is 31.4. The van der Waals surface area contributed by atoms with Crippen LogP contribution >= 0.6 is 17.0 Å². The molecule has 4 aliphatic rings. The Bertz CT molecular complexity index is 1260. The summed E-state index contributed by atoms with van der Waals surface area (Å²) in [5.41, 5.74) is 5.67. The van der Waals surface area contributed by atoms with Crippen LogP contribution in [0.2, 0.25) is 23.2 Å². The van der Waals surface area contributed by atoms with Crippen LogP contribution in [0.15, 0.2) is 104 Å². The molecule has 2 aromatic rings. The van der Waals surface area contributed by atoms with Crippen molar-refractivity contribution in [3.8, 4) is 0 Å². The van der Waals surface area contributed by atoms with E-state index in [0.717, 1.165) is 6.42 Å². The topological polar surface area (TPSA) is 0 Å². The fourth-order valence-corrected chi connectivity index (χ4v) is 13.1. The second kappa shape index (κ2) is 14.3. The first-order valence-corrected chi connectivity index (χ1v) is 34.4. The van der Waals surface area contributed by atoms with Gasteiger partial charge in [0.15, 0.2) is 0 Å². The summed E-state index contributed by atoms with van der Waals surface area (Å²) in [6.07, 6.45) is 24.4. The van der Waals surface area contributed by atoms with Gasteiger partial charge < -0.3 is 24.8 Å². The molecule has 39 heavy (non-hydrogen) atoms. The third-order valence-corrected chi connectivity index (χ3v) is 21.2. The molecule has 0 radical (unpaired) electrons. The van der Waals surface area contributed by atoms with E-state index in [-0.39, 0.29) is 24.8 Å². The van der Waals surface area contributed by atoms with E-state index in [0.29, 0.717) is 11.8 Å². The van der Waals surface area contributed by atoms with Crippen molar-refractivity contribution in [2.45, 2.75) is 47.8 Å². The maximum absolute atomic E-state index is 6.01. The van der Waals surface area contributed by atoms with Crippen molar-refractivity contribution in [3.05, 3.63) is 126 Å². The van der Waals surface area contributed by atoms with Gasteiger partial charge in [-0.2, -0.15) is 0 Å². The van der Waals surface area contributed by atoms with Crippen molar-refractivity contribution in [2.24, 2.45) is 0 Å². The van der Waals surface area contributed by atoms with Crippen molar-refractivity contribution in [1.82, 2.24) is 0 Å². The molecule has 0 saturated carbocycles. The molecule has 6 heteroatoms. The molecular weight excluding hydrogens is 721 g/mol. The van der Waals surface area contributed by atoms with Crippen LogP contribution in [0.5, 0.6) is 0 Å². The molecule has 2 aromatic carbocycles. The number of fused-ring (bicyclic) bond motifs is 2. The van der Waals surface area contributed by atoms with Crippen molar-refractivity contribution < 1.29 is 61.5 Å². The van der Waals surface area contributed by atoms with E-state index >= 15 is 0 Å². The van der Waals surface area contributed by atoms with E-state index in [1.165, 1.54) is 32.0 Å². The maximum Gasteiger partial charge on any atom is -1.00 e. The SMILES string of the molecule is C1=CC(C2C=Cc3ccccc32)c2ccccc21.[CH3][Zr+2]([CH3])([CH3])([CH3])[C]1=CC=CC1.[CH3][Zr]([Cl])([Cl])[C]1=CC=CC1.[Cl-].[Cl-]. The molecular formula is C33H39Cl4Zr2. The predicted molar refractivity (Wildman–Crippen MR) is 161 cm³/mol. The summed E-state index contributed by atoms with van der Waals surface area (Å²) < 4.78 is 15.0. The summed E-state index contributed by atoms with van der Waals surface area (Å²) in [5.74, 6) is 1.00. The molecule has 0 saturated heterocycles. The van der Waals surface area contributed by atoms with Crippen LogP contribution in [-0.4, -0.2) is 0 Å². The first-order valence-electron chi connectivity index (χ1n) is 13.3. The number of benzene rings is 2. The number of halogens is 4. The van der Waals surface area contributed by atoms with Crippen LogP contribution in [0.25, 0.3) is 12.2 Å². The standard InChI is InChI=1S/C18H14.2C5H5.5CH3.4ClH.2Zr/c1-3-7-15-13(5-1)9-11-17(15)18-12-10-14-6-2-4-8-16(14)18;2*1-2-4-5-3-1;;;;;;;;;;;/h1-12,17-18H;2*1-3H,4H2;5*1H3;4*1H;;/q;;;;;;;;;;;;2*+2/p-4. The quantitative estimate of drug-likeness (QED) is 0.379. The third-order valence-electron chi connectivity index (χ3n) is 7.45. The zero-order chi connectivity index (χ0) is 26.7. The Morgan fingerprint density at radius 3 is 1.49 bits per heavy atom. The van der Waals surface area contributed by atoms with Crippen molar-refractivity contribution in [2.75, 3.05) is 0 Å². The Hall–Kier alpha value is -0.194. The Morgan fingerprint density at radius 2 is 1.15 bits per heavy atom. The number of rotatable bonds is 3. The molecule has 0 fully saturated rings. The van der Waals surface area contributed by atoms with Crippen molar-refractivity contribution in [1.29, 1.82) is 0 Å². The van der Waals surface area contributed by atoms with Crippen LogP contribution in [0.4, 0.5) is 0 Å². The predicted octanol–water partition coefficient (Wildman–Crippen LogP) is 5.67. The Balaban J connectivity index is 0.000000219. The average molecular weight is 760 g/mol. The summed E-state index contributed by atoms with van der Waals surface area (Å²) in [5, 5.41) is 0. The molecule has 0 bridgehead atoms. The molecule has 0 N–H and O–H groups in total. The van der Waals surface area contributed by atoms with Crippen LogP contribution in [0.1, 0.15) is 46.9 Å². The normalized spacial score (nSPS) is 19.9. The van der Waals surface area contributed by atoms with E-state index in [4.69, 9.17) is 17.0 Å². The van der Waals surface area contributed by atoms with Crippen LogP contribution < -0.4 is 24.8 Å². The monoisotopic (exact) mass is 755 g/mol. The first kappa shape index (κ1) is 35.0. The van der Waals surface area contributed by atoms with E-state index in [9.17, 15) is 0 Å². The van der Waals surface area contributed by atoms with Crippen LogP contribution in [-0.2, 0) is 36.7 Å². The summed E-state index contributed by atoms with van der Waals surface area (Å²) >= 11 is -4.85. The molecule has 6 rings (SSSR count). The molecule has 0 aliphatic heterocycles. The summed E-state index contributed by atoms with van der Waals surface area (Å²) in [6.45, 7) is 0. The van der Waals surface area contributed by atoms with Gasteiger partial charge in [0.25, 0.3) is 0 Å². The van der Waals surface area contributed by atoms with Gasteiger partial charge in [-0.05, 0) is 22.3 Å². The zero-order valence-electron chi connectivity index (χ0n) is 23.5. The molecule has 2 atom stereocenters. The fraction of sp³-hybridized carbons (Fsp3) is 0.273. The van der Waals surface area contributed by atoms with Gasteiger partial charge in [-0.25, -0.2) is 0 Å². The van der Waals surface area contributed by atoms with Crippen LogP contribution in [0.3, 0.4) is 0 Å². The van der Waals surface area contributed by atoms with Gasteiger partial charge in [0.2, 0.25) is 0 Å². The van der Waals surface area contributed by atoms with Gasteiger partial charge in [-0.3, -0.25) is 0 Å². The second-order valence-corrected chi connectivity index (χ2v) is 49.8. The summed E-state index contributed by atoms with van der Waals surface area (Å²) in [4.78, 5) is 0. The molecule has 0 nitrogen and oxygen atoms in total. The van der Waals surface area contributed by atoms with Gasteiger partial charge in [0.1, 0.15) is 0 Å². The molecule has 207 valence electrons. The molecule has 0 amide bonds. The van der Waals surface area contributed by atoms with Gasteiger partial charge >= 0.3 is 133 Å². The molecule has 4 aliphatic carbocycles. The van der Waals surface area contributed by atoms with Crippen molar-refractivity contribution >= 4 is 29.2 Å². The van der Waals surface area contributed by atoms with Gasteiger partial charge in [0.05, 0.1) is 0 Å². The van der Waals surface area contributed by atoms with E-state index < -0.39 is 36.7 Å². The maximum atomic E-state index is 6.01. The Kier molecular flexibility index (Phi) is 12.9. The van der Waals surface area contributed by atoms with E-state index in [1.54, 1.807) is 3.28 Å². The molecule has 2 unspecified atom stereocenters. The molecule has 0 aromatic heterocycles. The van der Waals surface area contributed by atoms with E-state index in [2.05, 4.69) is 122 Å². The first-order chi connectivity index (χ1) is 17.4. The second-order valence-electron chi connectivity index (χ2n) is 12.6. The van der Waals surface area contributed by atoms with Gasteiger partial charge in [-0.15, -0.1) is 0 Å². The molecule has 0 heterocycles. The Labute approximate surface area is 261 Å². The van der Waals surface area contributed by atoms with E-state index in [1.807, 2.05) is 10.7 Å². The van der Waals surface area contributed by atoms with Gasteiger partial charge in [0, 0.05) is 11.8 Å². The minimum Gasteiger partial charge on any atom is -1.00 e. The van der Waals surface area contributed by atoms with Gasteiger partial charge in [-0.1, -0.05) is 72.8 Å². The average Bonchev–Trinajstić information content (AvgIpc) is 3.64. The number of hydrogen-bond donors (Lipinski definition) is 0. The largest absolute Gasteiger partial charge is 1.00 e. The number of allylic oxidation sites excluding steroid dienone is 10. The molecule has 0 spiro atoms. The smallest absolute Gasteiger partial charge is 1.00 e. The van der Waals surface area contributed by atoms with Crippen LogP contribution in [0, 0.1) is 0 Å². The minimum atomic E-state index is -2.65. The summed E-state index contributed by atoms with van der Waals surface area (Å²) in [6, 6.07) is 17.4. The van der Waals surface area contributed by atoms with Crippen molar-refractivity contribution in [3.63, 3.8) is 0 Å². The Morgan fingerprint density at radius 1 is 0.692 bits per heavy atom. The summed E-state index contributed by atoms with van der Waals surface area (Å²) in [7, 11) is 12.0.